The standard InChI is InChI=1S/C29H38N6O6S2/c1-2-26-35(43(40,41)22-8-4-3-5-9-22)24(19-42-26)27(37)34-23(28(38)39)18-20-11-13-21(14-12-20)33-25(36)10-6-7-15-30-29-31-16-17-32-29/h3-5,8-9,11-14,23-24,26H,2,6-7,10,15-19H2,1H3,(H,33,36)(H,34,37)(H,38,39)(H2,30,31,32)/t23-,24-,26?/m0/s1. The predicted molar refractivity (Wildman–Crippen MR) is 166 cm³/mol. The van der Waals surface area contributed by atoms with Gasteiger partial charge in [0.1, 0.15) is 12.1 Å². The summed E-state index contributed by atoms with van der Waals surface area (Å²) in [6, 6.07) is 12.4. The first-order valence-corrected chi connectivity index (χ1v) is 16.8. The number of thioether (sulfide) groups is 1. The molecule has 0 saturated carbocycles. The van der Waals surface area contributed by atoms with Crippen molar-refractivity contribution in [3.05, 3.63) is 60.2 Å². The highest BCUT2D eigenvalue weighted by molar-refractivity contribution is 8.01. The average molecular weight is 631 g/mol. The molecule has 3 atom stereocenters. The van der Waals surface area contributed by atoms with Crippen LogP contribution in [0.15, 0.2) is 64.5 Å². The maximum atomic E-state index is 13.5. The van der Waals surface area contributed by atoms with Crippen molar-refractivity contribution in [3.8, 4) is 0 Å². The number of carbonyl (C=O) groups excluding carboxylic acids is 2. The molecule has 0 aromatic heterocycles. The van der Waals surface area contributed by atoms with Crippen LogP contribution in [0.25, 0.3) is 0 Å². The van der Waals surface area contributed by atoms with Crippen LogP contribution >= 0.6 is 11.8 Å². The number of carboxylic acids is 1. The maximum Gasteiger partial charge on any atom is 0.326 e. The Hall–Kier alpha value is -3.62. The van der Waals surface area contributed by atoms with Gasteiger partial charge in [-0.1, -0.05) is 37.3 Å². The second-order valence-electron chi connectivity index (χ2n) is 10.2. The highest BCUT2D eigenvalue weighted by atomic mass is 32.2. The Labute approximate surface area is 256 Å². The predicted octanol–water partition coefficient (Wildman–Crippen LogP) is 2.00. The number of carboxylic acid groups (broad SMARTS) is 1. The molecule has 0 spiro atoms. The molecule has 2 amide bonds. The number of nitrogens with zero attached hydrogens (tertiary/aromatic N) is 2. The number of sulfonamides is 1. The van der Waals surface area contributed by atoms with Gasteiger partial charge in [-0.2, -0.15) is 4.31 Å². The molecule has 0 aliphatic carbocycles. The monoisotopic (exact) mass is 630 g/mol. The fourth-order valence-electron chi connectivity index (χ4n) is 4.86. The number of hydrogen-bond acceptors (Lipinski definition) is 9. The van der Waals surface area contributed by atoms with Crippen LogP contribution < -0.4 is 21.3 Å². The van der Waals surface area contributed by atoms with Gasteiger partial charge in [0.2, 0.25) is 21.8 Å². The van der Waals surface area contributed by atoms with E-state index in [2.05, 4.69) is 26.3 Å². The number of nitrogens with one attached hydrogen (secondary N) is 4. The van der Waals surface area contributed by atoms with Gasteiger partial charge in [-0.05, 0) is 49.1 Å². The number of aliphatic imine (C=N–C) groups is 1. The number of carbonyl (C=O) groups is 3. The molecule has 0 bridgehead atoms. The summed E-state index contributed by atoms with van der Waals surface area (Å²) >= 11 is 1.36. The summed E-state index contributed by atoms with van der Waals surface area (Å²) in [5.74, 6) is -0.974. The molecule has 5 N–H and O–H groups in total. The molecule has 2 aromatic rings. The summed E-state index contributed by atoms with van der Waals surface area (Å²) in [4.78, 5) is 42.1. The minimum atomic E-state index is -3.98. The highest BCUT2D eigenvalue weighted by Gasteiger charge is 2.46. The number of rotatable bonds is 14. The minimum absolute atomic E-state index is 0.00898. The van der Waals surface area contributed by atoms with Gasteiger partial charge in [0.05, 0.1) is 16.8 Å². The lowest BCUT2D eigenvalue weighted by molar-refractivity contribution is -0.142. The van der Waals surface area contributed by atoms with Crippen LogP contribution in [0.5, 0.6) is 0 Å². The third kappa shape index (κ3) is 8.71. The lowest BCUT2D eigenvalue weighted by Crippen LogP contribution is -2.53. The van der Waals surface area contributed by atoms with Crippen LogP contribution in [0, 0.1) is 0 Å². The van der Waals surface area contributed by atoms with E-state index in [0.29, 0.717) is 30.5 Å². The second-order valence-corrected chi connectivity index (χ2v) is 13.3. The smallest absolute Gasteiger partial charge is 0.326 e. The molecule has 2 aliphatic rings. The van der Waals surface area contributed by atoms with Crippen LogP contribution in [-0.2, 0) is 30.8 Å². The summed E-state index contributed by atoms with van der Waals surface area (Å²) < 4.78 is 28.1. The van der Waals surface area contributed by atoms with Gasteiger partial charge in [0.25, 0.3) is 0 Å². The molecule has 232 valence electrons. The number of anilines is 1. The topological polar surface area (TPSA) is 169 Å². The molecule has 43 heavy (non-hydrogen) atoms. The first kappa shape index (κ1) is 32.3. The van der Waals surface area contributed by atoms with Crippen LogP contribution in [0.2, 0.25) is 0 Å². The van der Waals surface area contributed by atoms with Crippen molar-refractivity contribution in [1.29, 1.82) is 0 Å². The number of unbranched alkanes of at least 4 members (excludes halogenated alkanes) is 1. The molecular formula is C29H38N6O6S2. The van der Waals surface area contributed by atoms with Gasteiger partial charge < -0.3 is 26.4 Å². The zero-order valence-corrected chi connectivity index (χ0v) is 25.6. The number of amides is 2. The fraction of sp³-hybridized carbons (Fsp3) is 0.448. The first-order valence-electron chi connectivity index (χ1n) is 14.3. The molecule has 0 radical (unpaired) electrons. The van der Waals surface area contributed by atoms with Crippen molar-refractivity contribution in [1.82, 2.24) is 20.3 Å². The van der Waals surface area contributed by atoms with E-state index in [1.807, 2.05) is 6.92 Å². The third-order valence-corrected chi connectivity index (χ3v) is 10.6. The van der Waals surface area contributed by atoms with E-state index >= 15 is 0 Å². The Balaban J connectivity index is 1.30. The van der Waals surface area contributed by atoms with Crippen molar-refractivity contribution in [2.24, 2.45) is 4.99 Å². The average Bonchev–Trinajstić information content (AvgIpc) is 3.68. The van der Waals surface area contributed by atoms with E-state index in [4.69, 9.17) is 0 Å². The van der Waals surface area contributed by atoms with Gasteiger partial charge in [0, 0.05) is 37.4 Å². The summed E-state index contributed by atoms with van der Waals surface area (Å²) in [5, 5.41) is 21.1. The van der Waals surface area contributed by atoms with Crippen molar-refractivity contribution in [2.45, 2.75) is 61.4 Å². The van der Waals surface area contributed by atoms with Gasteiger partial charge in [-0.3, -0.25) is 14.6 Å². The first-order chi connectivity index (χ1) is 20.7. The van der Waals surface area contributed by atoms with E-state index in [-0.39, 0.29) is 23.0 Å². The quantitative estimate of drug-likeness (QED) is 0.196. The number of benzene rings is 2. The number of guanidine groups is 1. The van der Waals surface area contributed by atoms with Gasteiger partial charge in [-0.25, -0.2) is 13.2 Å². The Morgan fingerprint density at radius 3 is 2.51 bits per heavy atom. The van der Waals surface area contributed by atoms with Gasteiger partial charge in [-0.15, -0.1) is 11.8 Å². The fourth-order valence-corrected chi connectivity index (χ4v) is 8.43. The Morgan fingerprint density at radius 2 is 1.86 bits per heavy atom. The Kier molecular flexibility index (Phi) is 11.4. The third-order valence-electron chi connectivity index (χ3n) is 7.10. The Morgan fingerprint density at radius 1 is 1.12 bits per heavy atom. The molecule has 1 fully saturated rings. The molecule has 2 aliphatic heterocycles. The molecule has 12 nitrogen and oxygen atoms in total. The molecule has 4 rings (SSSR count). The minimum Gasteiger partial charge on any atom is -0.480 e. The van der Waals surface area contributed by atoms with Crippen molar-refractivity contribution in [2.75, 3.05) is 30.7 Å². The van der Waals surface area contributed by atoms with E-state index in [1.165, 1.54) is 28.2 Å². The summed E-state index contributed by atoms with van der Waals surface area (Å²) in [6.45, 7) is 4.19. The highest BCUT2D eigenvalue weighted by Crippen LogP contribution is 2.36. The van der Waals surface area contributed by atoms with E-state index in [9.17, 15) is 27.9 Å². The second kappa shape index (κ2) is 15.2. The molecular weight excluding hydrogens is 592 g/mol. The van der Waals surface area contributed by atoms with Crippen LogP contribution in [0.3, 0.4) is 0 Å². The van der Waals surface area contributed by atoms with Gasteiger partial charge >= 0.3 is 5.97 Å². The van der Waals surface area contributed by atoms with Crippen LogP contribution in [-0.4, -0.2) is 84.4 Å². The van der Waals surface area contributed by atoms with Crippen LogP contribution in [0.1, 0.15) is 38.2 Å². The van der Waals surface area contributed by atoms with E-state index in [1.54, 1.807) is 42.5 Å². The molecule has 1 saturated heterocycles. The maximum absolute atomic E-state index is 13.5. The normalized spacial score (nSPS) is 19.2. The molecule has 2 heterocycles. The molecule has 14 heteroatoms. The summed E-state index contributed by atoms with van der Waals surface area (Å²) in [6.07, 6.45) is 2.39. The summed E-state index contributed by atoms with van der Waals surface area (Å²) in [5.41, 5.74) is 1.23. The molecule has 1 unspecified atom stereocenters. The summed E-state index contributed by atoms with van der Waals surface area (Å²) in [7, 11) is -3.98. The lowest BCUT2D eigenvalue weighted by atomic mass is 10.0. The number of hydrogen-bond donors (Lipinski definition) is 5. The van der Waals surface area contributed by atoms with Crippen LogP contribution in [0.4, 0.5) is 5.69 Å². The SMILES string of the molecule is CCC1SC[C@@H](C(=O)N[C@@H](Cc2ccc(NC(=O)CCCCNC3=NCCN3)cc2)C(=O)O)N1S(=O)(=O)c1ccccc1. The Bertz CT molecular complexity index is 1400. The van der Waals surface area contributed by atoms with E-state index < -0.39 is 39.4 Å². The van der Waals surface area contributed by atoms with E-state index in [0.717, 1.165) is 32.0 Å². The lowest BCUT2D eigenvalue weighted by Gasteiger charge is -2.28. The molecule has 2 aromatic carbocycles. The van der Waals surface area contributed by atoms with Crippen molar-refractivity contribution < 1.29 is 27.9 Å². The van der Waals surface area contributed by atoms with Crippen molar-refractivity contribution >= 4 is 51.2 Å². The van der Waals surface area contributed by atoms with Crippen molar-refractivity contribution in [3.63, 3.8) is 0 Å². The zero-order chi connectivity index (χ0) is 30.8. The number of aliphatic carboxylic acids is 1. The zero-order valence-electron chi connectivity index (χ0n) is 24.0. The van der Waals surface area contributed by atoms with Gasteiger partial charge in [0.15, 0.2) is 5.96 Å². The largest absolute Gasteiger partial charge is 0.480 e.